The summed E-state index contributed by atoms with van der Waals surface area (Å²) in [5, 5.41) is 2.90. The van der Waals surface area contributed by atoms with Gasteiger partial charge in [-0.05, 0) is 30.5 Å². The first-order valence-electron chi connectivity index (χ1n) is 7.95. The van der Waals surface area contributed by atoms with Crippen molar-refractivity contribution in [1.29, 1.82) is 0 Å². The molecule has 0 unspecified atom stereocenters. The van der Waals surface area contributed by atoms with Crippen molar-refractivity contribution in [2.24, 2.45) is 7.05 Å². The molecule has 3 rings (SSSR count). The van der Waals surface area contributed by atoms with Gasteiger partial charge in [-0.25, -0.2) is 22.4 Å². The van der Waals surface area contributed by atoms with E-state index in [9.17, 15) is 27.2 Å². The Morgan fingerprint density at radius 2 is 2.07 bits per heavy atom. The van der Waals surface area contributed by atoms with E-state index in [1.165, 1.54) is 11.6 Å². The largest absolute Gasteiger partial charge is 0.481 e. The zero-order valence-electron chi connectivity index (χ0n) is 14.0. The van der Waals surface area contributed by atoms with Gasteiger partial charge in [-0.1, -0.05) is 0 Å². The monoisotopic (exact) mass is 407 g/mol. The minimum atomic E-state index is -3.19. The maximum Gasteiger partial charge on any atom is 0.350 e. The lowest BCUT2D eigenvalue weighted by atomic mass is 10.2. The number of aromatic nitrogens is 3. The molecule has 27 heavy (non-hydrogen) atoms. The summed E-state index contributed by atoms with van der Waals surface area (Å²) in [6, 6.07) is 1.47. The highest BCUT2D eigenvalue weighted by atomic mass is 35.5. The van der Waals surface area contributed by atoms with Crippen LogP contribution in [0.15, 0.2) is 16.9 Å². The lowest BCUT2D eigenvalue weighted by Crippen LogP contribution is -2.28. The Kier molecular flexibility index (Phi) is 5.27. The Bertz CT molecular complexity index is 940. The van der Waals surface area contributed by atoms with Gasteiger partial charge < -0.3 is 4.74 Å². The van der Waals surface area contributed by atoms with Gasteiger partial charge in [0.1, 0.15) is 29.8 Å². The quantitative estimate of drug-likeness (QED) is 0.523. The number of carbonyl (C=O) groups excluding carboxylic acids is 1. The van der Waals surface area contributed by atoms with Crippen molar-refractivity contribution >= 4 is 16.8 Å². The average Bonchev–Trinajstić information content (AvgIpc) is 3.41. The fraction of sp³-hybridized carbons (Fsp3) is 0.438. The number of alkyl halides is 3. The molecule has 2 aromatic rings. The van der Waals surface area contributed by atoms with Crippen molar-refractivity contribution in [3.05, 3.63) is 39.8 Å². The molecule has 1 heterocycles. The van der Waals surface area contributed by atoms with Gasteiger partial charge in [-0.15, -0.1) is 5.10 Å². The highest BCUT2D eigenvalue weighted by Crippen LogP contribution is 2.38. The summed E-state index contributed by atoms with van der Waals surface area (Å²) in [6.45, 7) is -1.55. The Morgan fingerprint density at radius 1 is 1.41 bits per heavy atom. The number of rotatable bonds is 7. The molecule has 1 fully saturated rings. The van der Waals surface area contributed by atoms with Crippen molar-refractivity contribution in [3.63, 3.8) is 0 Å². The van der Waals surface area contributed by atoms with Crippen LogP contribution in [0.1, 0.15) is 34.9 Å². The molecule has 11 heteroatoms. The number of benzene rings is 1. The first-order valence-corrected chi connectivity index (χ1v) is 8.32. The fourth-order valence-corrected chi connectivity index (χ4v) is 2.72. The highest BCUT2D eigenvalue weighted by molar-refractivity contribution is 6.68. The van der Waals surface area contributed by atoms with Crippen LogP contribution in [0.2, 0.25) is 0 Å². The second-order valence-electron chi connectivity index (χ2n) is 6.10. The van der Waals surface area contributed by atoms with Gasteiger partial charge in [-0.2, -0.15) is 4.68 Å². The summed E-state index contributed by atoms with van der Waals surface area (Å²) in [5.41, 5.74) is -1.66. The van der Waals surface area contributed by atoms with Gasteiger partial charge in [0.15, 0.2) is 6.10 Å². The van der Waals surface area contributed by atoms with E-state index in [2.05, 4.69) is 5.10 Å². The fourth-order valence-electron chi connectivity index (χ4n) is 2.58. The van der Waals surface area contributed by atoms with E-state index in [1.54, 1.807) is 0 Å². The van der Waals surface area contributed by atoms with Crippen molar-refractivity contribution in [3.8, 4) is 11.4 Å². The molecule has 1 aliphatic carbocycles. The minimum absolute atomic E-state index is 0.0844. The molecule has 0 amide bonds. The molecular weight excluding hydrogens is 394 g/mol. The molecule has 0 radical (unpaired) electrons. The summed E-state index contributed by atoms with van der Waals surface area (Å²) in [6.07, 6.45) is -3.69. The number of ether oxygens (including phenoxy) is 1. The van der Waals surface area contributed by atoms with Gasteiger partial charge in [0.2, 0.25) is 0 Å². The Hall–Kier alpha value is -2.36. The third kappa shape index (κ3) is 3.71. The van der Waals surface area contributed by atoms with Gasteiger partial charge in [-0.3, -0.25) is 9.36 Å². The van der Waals surface area contributed by atoms with Gasteiger partial charge in [0.05, 0.1) is 5.56 Å². The Balaban J connectivity index is 2.11. The van der Waals surface area contributed by atoms with Gasteiger partial charge in [0, 0.05) is 19.0 Å². The molecule has 0 bridgehead atoms. The topological polar surface area (TPSA) is 66.1 Å². The number of hydrogen-bond donors (Lipinski definition) is 0. The maximum atomic E-state index is 14.5. The van der Waals surface area contributed by atoms with Crippen LogP contribution in [-0.4, -0.2) is 38.8 Å². The van der Waals surface area contributed by atoms with Crippen molar-refractivity contribution in [1.82, 2.24) is 14.3 Å². The smallest absolute Gasteiger partial charge is 0.350 e. The van der Waals surface area contributed by atoms with Crippen LogP contribution in [-0.2, 0) is 7.05 Å². The third-order valence-corrected chi connectivity index (χ3v) is 4.36. The van der Waals surface area contributed by atoms with Crippen molar-refractivity contribution in [2.75, 3.05) is 6.67 Å². The molecule has 1 aromatic carbocycles. The van der Waals surface area contributed by atoms with E-state index in [1.807, 2.05) is 0 Å². The third-order valence-electron chi connectivity index (χ3n) is 4.16. The van der Waals surface area contributed by atoms with E-state index < -0.39 is 53.0 Å². The lowest BCUT2D eigenvalue weighted by Gasteiger charge is -2.17. The second kappa shape index (κ2) is 7.34. The first kappa shape index (κ1) is 19.4. The summed E-state index contributed by atoms with van der Waals surface area (Å²) in [7, 11) is 1.47. The maximum absolute atomic E-state index is 14.5. The van der Waals surface area contributed by atoms with Gasteiger partial charge >= 0.3 is 5.69 Å². The van der Waals surface area contributed by atoms with Crippen LogP contribution in [0.25, 0.3) is 5.69 Å². The molecule has 146 valence electrons. The molecule has 1 saturated carbocycles. The molecule has 1 atom stereocenters. The van der Waals surface area contributed by atoms with E-state index in [4.69, 9.17) is 16.3 Å². The van der Waals surface area contributed by atoms with Crippen LogP contribution in [0.5, 0.6) is 5.75 Å². The first-order chi connectivity index (χ1) is 12.7. The van der Waals surface area contributed by atoms with Crippen LogP contribution >= 0.6 is 11.6 Å². The summed E-state index contributed by atoms with van der Waals surface area (Å²) in [4.78, 5) is 23.9. The van der Waals surface area contributed by atoms with Gasteiger partial charge in [0.25, 0.3) is 11.7 Å². The SMILES string of the molecule is Cn1c(C2CC2)nn(-c2cc(O[C@@H](CF)C(F)F)c(C(=O)Cl)cc2F)c1=O. The molecule has 1 aromatic heterocycles. The molecule has 0 aliphatic heterocycles. The Morgan fingerprint density at radius 3 is 2.59 bits per heavy atom. The molecule has 1 aliphatic rings. The summed E-state index contributed by atoms with van der Waals surface area (Å²) >= 11 is 5.34. The Labute approximate surface area is 155 Å². The standard InChI is InChI=1S/C16H14ClF4N3O3/c1-23-15(7-2-3-7)22-24(16(23)26)10-5-11(27-12(6-18)14(20)21)8(13(17)25)4-9(10)19/h4-5,7,12,14H,2-3,6H2,1H3/t12-/m0/s1. The molecule has 0 N–H and O–H groups in total. The van der Waals surface area contributed by atoms with E-state index in [-0.39, 0.29) is 5.92 Å². The number of hydrogen-bond acceptors (Lipinski definition) is 4. The molecular formula is C16H14ClF4N3O3. The highest BCUT2D eigenvalue weighted by Gasteiger charge is 2.31. The predicted molar refractivity (Wildman–Crippen MR) is 87.3 cm³/mol. The van der Waals surface area contributed by atoms with Crippen molar-refractivity contribution in [2.45, 2.75) is 31.3 Å². The number of carbonyl (C=O) groups is 1. The zero-order valence-corrected chi connectivity index (χ0v) is 14.7. The van der Waals surface area contributed by atoms with Crippen LogP contribution in [0, 0.1) is 5.82 Å². The van der Waals surface area contributed by atoms with E-state index in [0.29, 0.717) is 11.9 Å². The molecule has 0 spiro atoms. The van der Waals surface area contributed by atoms with Crippen LogP contribution in [0.4, 0.5) is 17.6 Å². The predicted octanol–water partition coefficient (Wildman–Crippen LogP) is 2.95. The number of nitrogens with zero attached hydrogens (tertiary/aromatic N) is 3. The normalized spacial score (nSPS) is 15.2. The summed E-state index contributed by atoms with van der Waals surface area (Å²) in [5.74, 6) is -1.07. The number of halogens is 5. The lowest BCUT2D eigenvalue weighted by molar-refractivity contribution is -0.00153. The average molecular weight is 408 g/mol. The van der Waals surface area contributed by atoms with E-state index in [0.717, 1.165) is 23.6 Å². The van der Waals surface area contributed by atoms with Crippen LogP contribution < -0.4 is 10.4 Å². The molecule has 6 nitrogen and oxygen atoms in total. The molecule has 0 saturated heterocycles. The second-order valence-corrected chi connectivity index (χ2v) is 6.45. The van der Waals surface area contributed by atoms with E-state index >= 15 is 0 Å². The summed E-state index contributed by atoms with van der Waals surface area (Å²) < 4.78 is 59.7. The van der Waals surface area contributed by atoms with Crippen LogP contribution in [0.3, 0.4) is 0 Å². The minimum Gasteiger partial charge on any atom is -0.481 e. The zero-order chi connectivity index (χ0) is 19.9. The van der Waals surface area contributed by atoms with Crippen molar-refractivity contribution < 1.29 is 27.1 Å².